The van der Waals surface area contributed by atoms with Gasteiger partial charge in [0.05, 0.1) is 0 Å². The molecule has 122 valence electrons. The fourth-order valence-corrected chi connectivity index (χ4v) is 3.22. The molecule has 2 unspecified atom stereocenters. The summed E-state index contributed by atoms with van der Waals surface area (Å²) >= 11 is 0. The van der Waals surface area contributed by atoms with Crippen LogP contribution < -0.4 is 11.1 Å². The van der Waals surface area contributed by atoms with Crippen LogP contribution in [0.3, 0.4) is 0 Å². The molecule has 1 aliphatic carbocycles. The Morgan fingerprint density at radius 3 is 2.62 bits per heavy atom. The molecule has 1 aliphatic heterocycles. The van der Waals surface area contributed by atoms with Crippen molar-refractivity contribution in [2.24, 2.45) is 11.7 Å². The summed E-state index contributed by atoms with van der Waals surface area (Å²) < 4.78 is 5.48. The maximum absolute atomic E-state index is 12.2. The van der Waals surface area contributed by atoms with Crippen LogP contribution in [0.4, 0.5) is 4.79 Å². The fourth-order valence-electron chi connectivity index (χ4n) is 3.22. The second kappa shape index (κ2) is 6.53. The van der Waals surface area contributed by atoms with E-state index in [2.05, 4.69) is 12.2 Å². The molecule has 0 aromatic carbocycles. The third-order valence-corrected chi connectivity index (χ3v) is 4.49. The molecule has 1 saturated heterocycles. The van der Waals surface area contributed by atoms with E-state index in [1.807, 2.05) is 25.7 Å². The van der Waals surface area contributed by atoms with Crippen molar-refractivity contribution in [1.82, 2.24) is 10.2 Å². The molecule has 0 radical (unpaired) electrons. The number of carbonyl (C=O) groups excluding carboxylic acids is 1. The molecule has 0 aromatic heterocycles. The second-order valence-corrected chi connectivity index (χ2v) is 7.71. The number of hydrogen-bond acceptors (Lipinski definition) is 4. The highest BCUT2D eigenvalue weighted by Gasteiger charge is 2.33. The second-order valence-electron chi connectivity index (χ2n) is 7.71. The van der Waals surface area contributed by atoms with Gasteiger partial charge in [-0.3, -0.25) is 0 Å². The minimum atomic E-state index is -0.421. The quantitative estimate of drug-likeness (QED) is 0.837. The van der Waals surface area contributed by atoms with Crippen LogP contribution in [0.2, 0.25) is 0 Å². The van der Waals surface area contributed by atoms with E-state index in [0.29, 0.717) is 24.0 Å². The topological polar surface area (TPSA) is 67.6 Å². The largest absolute Gasteiger partial charge is 0.444 e. The Hall–Kier alpha value is -0.810. The van der Waals surface area contributed by atoms with Gasteiger partial charge in [0.15, 0.2) is 0 Å². The lowest BCUT2D eigenvalue weighted by Crippen LogP contribution is -2.55. The van der Waals surface area contributed by atoms with Crippen molar-refractivity contribution in [3.05, 3.63) is 0 Å². The molecule has 2 atom stereocenters. The lowest BCUT2D eigenvalue weighted by Gasteiger charge is -2.41. The molecular weight excluding hydrogens is 266 g/mol. The number of amides is 1. The van der Waals surface area contributed by atoms with Gasteiger partial charge < -0.3 is 20.7 Å². The predicted octanol–water partition coefficient (Wildman–Crippen LogP) is 2.10. The summed E-state index contributed by atoms with van der Waals surface area (Å²) in [6, 6.07) is 1.36. The highest BCUT2D eigenvalue weighted by Crippen LogP contribution is 2.24. The van der Waals surface area contributed by atoms with E-state index < -0.39 is 5.60 Å². The molecule has 2 aliphatic rings. The summed E-state index contributed by atoms with van der Waals surface area (Å²) in [6.45, 7) is 9.57. The molecule has 21 heavy (non-hydrogen) atoms. The number of carbonyl (C=O) groups is 1. The molecule has 1 heterocycles. The van der Waals surface area contributed by atoms with Crippen molar-refractivity contribution < 1.29 is 9.53 Å². The first kappa shape index (κ1) is 16.6. The van der Waals surface area contributed by atoms with Gasteiger partial charge in [-0.25, -0.2) is 4.79 Å². The number of ether oxygens (including phenoxy) is 1. The van der Waals surface area contributed by atoms with Gasteiger partial charge >= 0.3 is 6.09 Å². The van der Waals surface area contributed by atoms with Gasteiger partial charge in [-0.05, 0) is 59.3 Å². The minimum Gasteiger partial charge on any atom is -0.444 e. The number of rotatable bonds is 3. The van der Waals surface area contributed by atoms with Crippen LogP contribution >= 0.6 is 0 Å². The summed E-state index contributed by atoms with van der Waals surface area (Å²) in [5, 5.41) is 3.67. The van der Waals surface area contributed by atoms with E-state index in [1.165, 1.54) is 6.42 Å². The van der Waals surface area contributed by atoms with Crippen LogP contribution in [-0.2, 0) is 4.74 Å². The van der Waals surface area contributed by atoms with Gasteiger partial charge in [0, 0.05) is 31.2 Å². The van der Waals surface area contributed by atoms with Crippen LogP contribution in [0.15, 0.2) is 0 Å². The number of likely N-dealkylation sites (tertiary alicyclic amines) is 1. The number of nitrogens with one attached hydrogen (secondary N) is 1. The molecule has 2 rings (SSSR count). The first-order valence-corrected chi connectivity index (χ1v) is 8.24. The van der Waals surface area contributed by atoms with Crippen LogP contribution in [0.1, 0.15) is 53.4 Å². The number of nitrogens with two attached hydrogens (primary N) is 1. The molecule has 0 aromatic rings. The monoisotopic (exact) mass is 297 g/mol. The molecule has 0 spiro atoms. The summed E-state index contributed by atoms with van der Waals surface area (Å²) in [5.74, 6) is 0.503. The average molecular weight is 297 g/mol. The highest BCUT2D eigenvalue weighted by molar-refractivity contribution is 5.68. The van der Waals surface area contributed by atoms with Crippen molar-refractivity contribution >= 4 is 6.09 Å². The number of piperidine rings is 1. The third kappa shape index (κ3) is 4.85. The first-order chi connectivity index (χ1) is 9.74. The van der Waals surface area contributed by atoms with E-state index in [4.69, 9.17) is 10.5 Å². The molecule has 3 N–H and O–H groups in total. The Balaban J connectivity index is 1.81. The first-order valence-electron chi connectivity index (χ1n) is 8.24. The summed E-state index contributed by atoms with van der Waals surface area (Å²) in [4.78, 5) is 14.0. The van der Waals surface area contributed by atoms with E-state index in [1.54, 1.807) is 0 Å². The molecule has 1 amide bonds. The Kier molecular flexibility index (Phi) is 5.15. The Labute approximate surface area is 128 Å². The smallest absolute Gasteiger partial charge is 0.410 e. The van der Waals surface area contributed by atoms with Gasteiger partial charge in [0.25, 0.3) is 0 Å². The molecule has 0 bridgehead atoms. The zero-order valence-corrected chi connectivity index (χ0v) is 13.9. The number of nitrogens with zero attached hydrogens (tertiary/aromatic N) is 1. The minimum absolute atomic E-state index is 0.176. The van der Waals surface area contributed by atoms with E-state index in [9.17, 15) is 4.79 Å². The Bertz CT molecular complexity index is 361. The SMILES string of the molecule is CC(NC1CC(N)C1)C1CCCN(C(=O)OC(C)(C)C)C1. The number of hydrogen-bond donors (Lipinski definition) is 2. The van der Waals surface area contributed by atoms with Gasteiger partial charge in [-0.1, -0.05) is 0 Å². The molecule has 2 fully saturated rings. The van der Waals surface area contributed by atoms with Crippen molar-refractivity contribution in [3.63, 3.8) is 0 Å². The van der Waals surface area contributed by atoms with Crippen LogP contribution in [0, 0.1) is 5.92 Å². The maximum Gasteiger partial charge on any atom is 0.410 e. The van der Waals surface area contributed by atoms with Gasteiger partial charge in [-0.2, -0.15) is 0 Å². The van der Waals surface area contributed by atoms with Gasteiger partial charge in [0.1, 0.15) is 5.60 Å². The summed E-state index contributed by atoms with van der Waals surface area (Å²) in [5.41, 5.74) is 5.41. The van der Waals surface area contributed by atoms with E-state index in [0.717, 1.165) is 32.4 Å². The van der Waals surface area contributed by atoms with Crippen molar-refractivity contribution in [2.45, 2.75) is 77.1 Å². The van der Waals surface area contributed by atoms with Gasteiger partial charge in [-0.15, -0.1) is 0 Å². The predicted molar refractivity (Wildman–Crippen MR) is 84.1 cm³/mol. The Morgan fingerprint density at radius 2 is 2.05 bits per heavy atom. The molecular formula is C16H31N3O2. The standard InChI is InChI=1S/C16H31N3O2/c1-11(18-14-8-13(17)9-14)12-6-5-7-19(10-12)15(20)21-16(2,3)4/h11-14,18H,5-10,17H2,1-4H3. The van der Waals surface area contributed by atoms with Crippen molar-refractivity contribution in [3.8, 4) is 0 Å². The molecule has 1 saturated carbocycles. The fraction of sp³-hybridized carbons (Fsp3) is 0.938. The average Bonchev–Trinajstić information content (AvgIpc) is 2.35. The van der Waals surface area contributed by atoms with E-state index in [-0.39, 0.29) is 6.09 Å². The van der Waals surface area contributed by atoms with Crippen LogP contribution in [0.5, 0.6) is 0 Å². The normalized spacial score (nSPS) is 31.5. The lowest BCUT2D eigenvalue weighted by atomic mass is 9.85. The highest BCUT2D eigenvalue weighted by atomic mass is 16.6. The Morgan fingerprint density at radius 1 is 1.38 bits per heavy atom. The van der Waals surface area contributed by atoms with Gasteiger partial charge in [0.2, 0.25) is 0 Å². The van der Waals surface area contributed by atoms with Crippen molar-refractivity contribution in [2.75, 3.05) is 13.1 Å². The maximum atomic E-state index is 12.2. The van der Waals surface area contributed by atoms with Crippen molar-refractivity contribution in [1.29, 1.82) is 0 Å². The van der Waals surface area contributed by atoms with Crippen LogP contribution in [0.25, 0.3) is 0 Å². The lowest BCUT2D eigenvalue weighted by molar-refractivity contribution is 0.0143. The zero-order chi connectivity index (χ0) is 15.6. The zero-order valence-electron chi connectivity index (χ0n) is 13.9. The van der Waals surface area contributed by atoms with Crippen LogP contribution in [-0.4, -0.2) is 47.8 Å². The third-order valence-electron chi connectivity index (χ3n) is 4.49. The van der Waals surface area contributed by atoms with E-state index >= 15 is 0 Å². The molecule has 5 nitrogen and oxygen atoms in total. The summed E-state index contributed by atoms with van der Waals surface area (Å²) in [6.07, 6.45) is 4.21. The summed E-state index contributed by atoms with van der Waals surface area (Å²) in [7, 11) is 0. The molecule has 5 heteroatoms.